The van der Waals surface area contributed by atoms with Crippen molar-refractivity contribution in [3.63, 3.8) is 0 Å². The fraction of sp³-hybridized carbons (Fsp3) is 0.500. The van der Waals surface area contributed by atoms with Crippen LogP contribution in [0.25, 0.3) is 0 Å². The molecule has 2 nitrogen and oxygen atoms in total. The lowest BCUT2D eigenvalue weighted by Gasteiger charge is -2.09. The van der Waals surface area contributed by atoms with Crippen LogP contribution in [0.2, 0.25) is 0 Å². The Morgan fingerprint density at radius 1 is 1.67 bits per heavy atom. The molecule has 1 aliphatic rings. The highest BCUT2D eigenvalue weighted by atomic mass is 14.7. The SMILES string of the molecule is CC1CC1C(N)c1cccnc1. The van der Waals surface area contributed by atoms with E-state index in [0.717, 1.165) is 5.92 Å². The molecule has 1 saturated carbocycles. The van der Waals surface area contributed by atoms with E-state index >= 15 is 0 Å². The Bertz CT molecular complexity index is 258. The molecule has 0 aromatic carbocycles. The van der Waals surface area contributed by atoms with E-state index in [2.05, 4.69) is 18.0 Å². The standard InChI is InChI=1S/C10H14N2/c1-7-5-9(7)10(11)8-3-2-4-12-6-8/h2-4,6-7,9-10H,5,11H2,1H3. The molecule has 0 spiro atoms. The Balaban J connectivity index is 2.10. The Morgan fingerprint density at radius 2 is 2.42 bits per heavy atom. The summed E-state index contributed by atoms with van der Waals surface area (Å²) >= 11 is 0. The monoisotopic (exact) mass is 162 g/mol. The Morgan fingerprint density at radius 3 is 2.92 bits per heavy atom. The summed E-state index contributed by atoms with van der Waals surface area (Å²) in [5.74, 6) is 1.49. The second-order valence-electron chi connectivity index (χ2n) is 3.69. The molecule has 2 rings (SSSR count). The summed E-state index contributed by atoms with van der Waals surface area (Å²) in [6, 6.07) is 4.21. The van der Waals surface area contributed by atoms with Crippen molar-refractivity contribution < 1.29 is 0 Å². The topological polar surface area (TPSA) is 38.9 Å². The summed E-state index contributed by atoms with van der Waals surface area (Å²) in [4.78, 5) is 4.06. The summed E-state index contributed by atoms with van der Waals surface area (Å²) in [5.41, 5.74) is 7.22. The molecule has 1 aromatic heterocycles. The molecule has 0 aliphatic heterocycles. The van der Waals surface area contributed by atoms with E-state index in [9.17, 15) is 0 Å². The second kappa shape index (κ2) is 2.87. The van der Waals surface area contributed by atoms with Gasteiger partial charge in [0.1, 0.15) is 0 Å². The first kappa shape index (κ1) is 7.74. The van der Waals surface area contributed by atoms with Crippen LogP contribution in [0.3, 0.4) is 0 Å². The minimum absolute atomic E-state index is 0.202. The number of rotatable bonds is 2. The van der Waals surface area contributed by atoms with Crippen LogP contribution in [0.4, 0.5) is 0 Å². The summed E-state index contributed by atoms with van der Waals surface area (Å²) in [6.45, 7) is 2.25. The third-order valence-corrected chi connectivity index (χ3v) is 2.70. The van der Waals surface area contributed by atoms with Gasteiger partial charge in [0.05, 0.1) is 0 Å². The van der Waals surface area contributed by atoms with Crippen molar-refractivity contribution in [2.75, 3.05) is 0 Å². The van der Waals surface area contributed by atoms with Gasteiger partial charge in [-0.25, -0.2) is 0 Å². The number of aromatic nitrogens is 1. The van der Waals surface area contributed by atoms with E-state index in [1.54, 1.807) is 6.20 Å². The number of pyridine rings is 1. The van der Waals surface area contributed by atoms with Crippen LogP contribution in [-0.4, -0.2) is 4.98 Å². The molecule has 3 atom stereocenters. The Hall–Kier alpha value is -0.890. The highest BCUT2D eigenvalue weighted by molar-refractivity contribution is 5.16. The number of hydrogen-bond acceptors (Lipinski definition) is 2. The van der Waals surface area contributed by atoms with Gasteiger partial charge in [0.25, 0.3) is 0 Å². The highest BCUT2D eigenvalue weighted by Gasteiger charge is 2.38. The van der Waals surface area contributed by atoms with Gasteiger partial charge in [-0.2, -0.15) is 0 Å². The molecule has 2 heteroatoms. The molecule has 1 fully saturated rings. The zero-order valence-corrected chi connectivity index (χ0v) is 7.27. The lowest BCUT2D eigenvalue weighted by atomic mass is 10.0. The smallest absolute Gasteiger partial charge is 0.0341 e. The molecule has 3 unspecified atom stereocenters. The van der Waals surface area contributed by atoms with E-state index in [1.165, 1.54) is 12.0 Å². The normalized spacial score (nSPS) is 29.8. The van der Waals surface area contributed by atoms with Crippen molar-refractivity contribution in [2.45, 2.75) is 19.4 Å². The van der Waals surface area contributed by atoms with Gasteiger partial charge in [0.2, 0.25) is 0 Å². The largest absolute Gasteiger partial charge is 0.324 e. The molecule has 1 aromatic rings. The zero-order chi connectivity index (χ0) is 8.55. The van der Waals surface area contributed by atoms with Gasteiger partial charge >= 0.3 is 0 Å². The molecule has 1 aliphatic carbocycles. The number of nitrogens with two attached hydrogens (primary N) is 1. The summed E-state index contributed by atoms with van der Waals surface area (Å²) in [5, 5.41) is 0. The minimum atomic E-state index is 0.202. The number of nitrogens with zero attached hydrogens (tertiary/aromatic N) is 1. The van der Waals surface area contributed by atoms with Crippen LogP contribution in [0.15, 0.2) is 24.5 Å². The fourth-order valence-electron chi connectivity index (χ4n) is 1.67. The lowest BCUT2D eigenvalue weighted by molar-refractivity contribution is 0.591. The molecular formula is C10H14N2. The lowest BCUT2D eigenvalue weighted by Crippen LogP contribution is -2.13. The summed E-state index contributed by atoms with van der Waals surface area (Å²) < 4.78 is 0. The molecule has 0 bridgehead atoms. The third-order valence-electron chi connectivity index (χ3n) is 2.70. The Kier molecular flexibility index (Phi) is 1.85. The van der Waals surface area contributed by atoms with Gasteiger partial charge in [0, 0.05) is 18.4 Å². The van der Waals surface area contributed by atoms with Crippen molar-refractivity contribution in [2.24, 2.45) is 17.6 Å². The molecule has 0 amide bonds. The van der Waals surface area contributed by atoms with Gasteiger partial charge in [-0.1, -0.05) is 13.0 Å². The van der Waals surface area contributed by atoms with Crippen molar-refractivity contribution in [1.82, 2.24) is 4.98 Å². The van der Waals surface area contributed by atoms with E-state index in [0.29, 0.717) is 5.92 Å². The van der Waals surface area contributed by atoms with Gasteiger partial charge in [0.15, 0.2) is 0 Å². The molecule has 0 saturated heterocycles. The maximum Gasteiger partial charge on any atom is 0.0341 e. The predicted octanol–water partition coefficient (Wildman–Crippen LogP) is 1.74. The van der Waals surface area contributed by atoms with Gasteiger partial charge < -0.3 is 5.73 Å². The van der Waals surface area contributed by atoms with Gasteiger partial charge in [-0.05, 0) is 29.9 Å². The third kappa shape index (κ3) is 1.34. The maximum absolute atomic E-state index is 6.05. The van der Waals surface area contributed by atoms with E-state index in [-0.39, 0.29) is 6.04 Å². The van der Waals surface area contributed by atoms with Crippen molar-refractivity contribution >= 4 is 0 Å². The van der Waals surface area contributed by atoms with Crippen LogP contribution < -0.4 is 5.73 Å². The predicted molar refractivity (Wildman–Crippen MR) is 48.4 cm³/mol. The van der Waals surface area contributed by atoms with Crippen molar-refractivity contribution in [3.05, 3.63) is 30.1 Å². The highest BCUT2D eigenvalue weighted by Crippen LogP contribution is 2.45. The van der Waals surface area contributed by atoms with Crippen LogP contribution in [-0.2, 0) is 0 Å². The molecular weight excluding hydrogens is 148 g/mol. The van der Waals surface area contributed by atoms with Crippen molar-refractivity contribution in [1.29, 1.82) is 0 Å². The van der Waals surface area contributed by atoms with Gasteiger partial charge in [-0.3, -0.25) is 4.98 Å². The van der Waals surface area contributed by atoms with E-state index in [1.807, 2.05) is 12.3 Å². The maximum atomic E-state index is 6.05. The summed E-state index contributed by atoms with van der Waals surface area (Å²) in [7, 11) is 0. The van der Waals surface area contributed by atoms with E-state index < -0.39 is 0 Å². The number of hydrogen-bond donors (Lipinski definition) is 1. The van der Waals surface area contributed by atoms with Crippen LogP contribution in [0.1, 0.15) is 24.9 Å². The average Bonchev–Trinajstić information content (AvgIpc) is 2.83. The average molecular weight is 162 g/mol. The fourth-order valence-corrected chi connectivity index (χ4v) is 1.67. The summed E-state index contributed by atoms with van der Waals surface area (Å²) in [6.07, 6.45) is 4.93. The molecule has 1 heterocycles. The van der Waals surface area contributed by atoms with Crippen LogP contribution >= 0.6 is 0 Å². The second-order valence-corrected chi connectivity index (χ2v) is 3.69. The minimum Gasteiger partial charge on any atom is -0.324 e. The molecule has 0 radical (unpaired) electrons. The first-order valence-corrected chi connectivity index (χ1v) is 4.44. The van der Waals surface area contributed by atoms with Crippen LogP contribution in [0.5, 0.6) is 0 Å². The zero-order valence-electron chi connectivity index (χ0n) is 7.27. The molecule has 12 heavy (non-hydrogen) atoms. The quantitative estimate of drug-likeness (QED) is 0.719. The molecule has 2 N–H and O–H groups in total. The molecule has 64 valence electrons. The van der Waals surface area contributed by atoms with E-state index in [4.69, 9.17) is 5.73 Å². The van der Waals surface area contributed by atoms with Crippen molar-refractivity contribution in [3.8, 4) is 0 Å². The van der Waals surface area contributed by atoms with Crippen LogP contribution in [0, 0.1) is 11.8 Å². The first-order valence-electron chi connectivity index (χ1n) is 4.44. The Labute approximate surface area is 72.8 Å². The van der Waals surface area contributed by atoms with Gasteiger partial charge in [-0.15, -0.1) is 0 Å². The first-order chi connectivity index (χ1) is 5.79.